The molecule has 1 atom stereocenters. The molecular formula is C27H28N4O2. The van der Waals surface area contributed by atoms with Crippen LogP contribution in [-0.2, 0) is 17.7 Å². The summed E-state index contributed by atoms with van der Waals surface area (Å²) in [5.74, 6) is 0. The fourth-order valence-corrected chi connectivity index (χ4v) is 3.90. The van der Waals surface area contributed by atoms with Crippen LogP contribution >= 0.6 is 0 Å². The maximum absolute atomic E-state index is 11.9. The van der Waals surface area contributed by atoms with Gasteiger partial charge in [0.1, 0.15) is 11.6 Å². The number of ether oxygens (including phenoxy) is 1. The van der Waals surface area contributed by atoms with Crippen LogP contribution in [0.25, 0.3) is 22.4 Å². The highest BCUT2D eigenvalue weighted by Gasteiger charge is 2.24. The van der Waals surface area contributed by atoms with Crippen LogP contribution in [0.3, 0.4) is 0 Å². The standard InChI is InChI=1S/C27H28N4O2/c1-27(2,3)33-26(32)30-17-18-9-11-20(12-10-18)25-21(19-7-5-4-6-8-19)15-22-23(31-25)13-14-29-24(22)16-28/h4-12,15,24,29H,13-14,17H2,1-3H3,(H,30,32). The summed E-state index contributed by atoms with van der Waals surface area (Å²) in [6, 6.07) is 22.2. The van der Waals surface area contributed by atoms with Crippen LogP contribution in [0.4, 0.5) is 4.79 Å². The Kier molecular flexibility index (Phi) is 6.43. The highest BCUT2D eigenvalue weighted by Crippen LogP contribution is 2.35. The Labute approximate surface area is 194 Å². The predicted octanol–water partition coefficient (Wildman–Crippen LogP) is 5.15. The number of rotatable bonds is 4. The largest absolute Gasteiger partial charge is 0.444 e. The number of carbonyl (C=O) groups excluding carboxylic acids is 1. The van der Waals surface area contributed by atoms with Gasteiger partial charge in [0.2, 0.25) is 0 Å². The van der Waals surface area contributed by atoms with Gasteiger partial charge in [0, 0.05) is 41.9 Å². The Bertz CT molecular complexity index is 1180. The van der Waals surface area contributed by atoms with E-state index in [-0.39, 0.29) is 6.04 Å². The first kappa shape index (κ1) is 22.5. The molecule has 0 aliphatic carbocycles. The van der Waals surface area contributed by atoms with E-state index in [9.17, 15) is 10.1 Å². The summed E-state index contributed by atoms with van der Waals surface area (Å²) in [5.41, 5.74) is 6.29. The molecule has 2 heterocycles. The molecule has 2 N–H and O–H groups in total. The summed E-state index contributed by atoms with van der Waals surface area (Å²) in [6.07, 6.45) is 0.350. The van der Waals surface area contributed by atoms with E-state index >= 15 is 0 Å². The third-order valence-corrected chi connectivity index (χ3v) is 5.43. The Morgan fingerprint density at radius 1 is 1.15 bits per heavy atom. The van der Waals surface area contributed by atoms with Gasteiger partial charge in [-0.05, 0) is 38.0 Å². The summed E-state index contributed by atoms with van der Waals surface area (Å²) in [5, 5.41) is 15.6. The van der Waals surface area contributed by atoms with E-state index in [1.807, 2.05) is 63.2 Å². The monoisotopic (exact) mass is 440 g/mol. The molecule has 1 aliphatic heterocycles. The highest BCUT2D eigenvalue weighted by molar-refractivity contribution is 5.82. The fraction of sp³-hybridized carbons (Fsp3) is 0.296. The molecule has 0 saturated carbocycles. The number of nitrogens with one attached hydrogen (secondary N) is 2. The van der Waals surface area contributed by atoms with Crippen LogP contribution in [0.1, 0.15) is 43.6 Å². The topological polar surface area (TPSA) is 87.0 Å². The van der Waals surface area contributed by atoms with Crippen molar-refractivity contribution in [3.8, 4) is 28.5 Å². The van der Waals surface area contributed by atoms with Crippen molar-refractivity contribution < 1.29 is 9.53 Å². The minimum absolute atomic E-state index is 0.348. The zero-order valence-electron chi connectivity index (χ0n) is 19.2. The number of amides is 1. The molecule has 0 fully saturated rings. The number of pyridine rings is 1. The molecule has 168 valence electrons. The van der Waals surface area contributed by atoms with Crippen molar-refractivity contribution >= 4 is 6.09 Å². The molecule has 1 amide bonds. The van der Waals surface area contributed by atoms with Crippen LogP contribution in [0.15, 0.2) is 60.7 Å². The lowest BCUT2D eigenvalue weighted by Gasteiger charge is -2.24. The van der Waals surface area contributed by atoms with Crippen LogP contribution in [-0.4, -0.2) is 23.2 Å². The molecule has 6 nitrogen and oxygen atoms in total. The lowest BCUT2D eigenvalue weighted by Crippen LogP contribution is -2.32. The average Bonchev–Trinajstić information content (AvgIpc) is 2.81. The Morgan fingerprint density at radius 2 is 1.88 bits per heavy atom. The first-order chi connectivity index (χ1) is 15.8. The zero-order valence-corrected chi connectivity index (χ0v) is 19.2. The molecule has 0 saturated heterocycles. The molecule has 1 unspecified atom stereocenters. The summed E-state index contributed by atoms with van der Waals surface area (Å²) in [6.45, 7) is 6.63. The van der Waals surface area contributed by atoms with E-state index in [4.69, 9.17) is 9.72 Å². The second-order valence-electron chi connectivity index (χ2n) is 9.11. The number of hydrogen-bond acceptors (Lipinski definition) is 5. The van der Waals surface area contributed by atoms with Gasteiger partial charge in [0.15, 0.2) is 0 Å². The van der Waals surface area contributed by atoms with E-state index in [0.29, 0.717) is 6.54 Å². The van der Waals surface area contributed by atoms with Crippen molar-refractivity contribution in [2.75, 3.05) is 6.54 Å². The van der Waals surface area contributed by atoms with Gasteiger partial charge in [-0.25, -0.2) is 4.79 Å². The number of fused-ring (bicyclic) bond motifs is 1. The SMILES string of the molecule is CC(C)(C)OC(=O)NCc1ccc(-c2nc3c(cc2-c2ccccc2)C(C#N)NCC3)cc1. The van der Waals surface area contributed by atoms with Crippen LogP contribution in [0, 0.1) is 11.3 Å². The molecule has 3 aromatic rings. The summed E-state index contributed by atoms with van der Waals surface area (Å²) >= 11 is 0. The molecule has 1 aliphatic rings. The number of benzene rings is 2. The average molecular weight is 441 g/mol. The van der Waals surface area contributed by atoms with Gasteiger partial charge in [-0.2, -0.15) is 5.26 Å². The first-order valence-corrected chi connectivity index (χ1v) is 11.1. The van der Waals surface area contributed by atoms with Crippen LogP contribution in [0.2, 0.25) is 0 Å². The van der Waals surface area contributed by atoms with E-state index in [1.54, 1.807) is 0 Å². The van der Waals surface area contributed by atoms with Gasteiger partial charge in [0.05, 0.1) is 11.8 Å². The first-order valence-electron chi connectivity index (χ1n) is 11.1. The molecule has 6 heteroatoms. The number of nitriles is 1. The number of hydrogen-bond donors (Lipinski definition) is 2. The van der Waals surface area contributed by atoms with Gasteiger partial charge >= 0.3 is 6.09 Å². The number of aromatic nitrogens is 1. The zero-order chi connectivity index (χ0) is 23.4. The summed E-state index contributed by atoms with van der Waals surface area (Å²) < 4.78 is 5.30. The number of alkyl carbamates (subject to hydrolysis) is 1. The van der Waals surface area contributed by atoms with Crippen LogP contribution in [0.5, 0.6) is 0 Å². The van der Waals surface area contributed by atoms with E-state index in [0.717, 1.165) is 52.2 Å². The van der Waals surface area contributed by atoms with Crippen LogP contribution < -0.4 is 10.6 Å². The van der Waals surface area contributed by atoms with E-state index in [1.165, 1.54) is 0 Å². The van der Waals surface area contributed by atoms with Gasteiger partial charge in [-0.15, -0.1) is 0 Å². The minimum atomic E-state index is -0.528. The second kappa shape index (κ2) is 9.43. The lowest BCUT2D eigenvalue weighted by molar-refractivity contribution is 0.0523. The summed E-state index contributed by atoms with van der Waals surface area (Å²) in [7, 11) is 0. The molecule has 1 aromatic heterocycles. The van der Waals surface area contributed by atoms with Crippen molar-refractivity contribution in [3.05, 3.63) is 77.5 Å². The Morgan fingerprint density at radius 3 is 2.55 bits per heavy atom. The van der Waals surface area contributed by atoms with Gasteiger partial charge in [-0.3, -0.25) is 10.3 Å². The Hall–Kier alpha value is -3.69. The van der Waals surface area contributed by atoms with Crippen molar-refractivity contribution in [1.29, 1.82) is 5.26 Å². The normalized spacial score (nSPS) is 15.3. The van der Waals surface area contributed by atoms with Crippen molar-refractivity contribution in [2.45, 2.75) is 45.4 Å². The molecule has 2 aromatic carbocycles. The molecule has 0 radical (unpaired) electrons. The van der Waals surface area contributed by atoms with E-state index < -0.39 is 11.7 Å². The Balaban J connectivity index is 1.64. The van der Waals surface area contributed by atoms with Crippen molar-refractivity contribution in [2.24, 2.45) is 0 Å². The second-order valence-corrected chi connectivity index (χ2v) is 9.11. The third kappa shape index (κ3) is 5.39. The predicted molar refractivity (Wildman–Crippen MR) is 128 cm³/mol. The lowest BCUT2D eigenvalue weighted by atomic mass is 9.92. The van der Waals surface area contributed by atoms with Gasteiger partial charge in [-0.1, -0.05) is 54.6 Å². The molecular weight excluding hydrogens is 412 g/mol. The van der Waals surface area contributed by atoms with E-state index in [2.05, 4.69) is 34.9 Å². The number of nitrogens with zero attached hydrogens (tertiary/aromatic N) is 2. The molecule has 0 spiro atoms. The third-order valence-electron chi connectivity index (χ3n) is 5.43. The quantitative estimate of drug-likeness (QED) is 0.586. The molecule has 4 rings (SSSR count). The minimum Gasteiger partial charge on any atom is -0.444 e. The van der Waals surface area contributed by atoms with Crippen molar-refractivity contribution in [1.82, 2.24) is 15.6 Å². The molecule has 33 heavy (non-hydrogen) atoms. The maximum Gasteiger partial charge on any atom is 0.407 e. The van der Waals surface area contributed by atoms with Gasteiger partial charge in [0.25, 0.3) is 0 Å². The maximum atomic E-state index is 11.9. The smallest absolute Gasteiger partial charge is 0.407 e. The summed E-state index contributed by atoms with van der Waals surface area (Å²) in [4.78, 5) is 17.0. The number of carbonyl (C=O) groups is 1. The molecule has 0 bridgehead atoms. The fourth-order valence-electron chi connectivity index (χ4n) is 3.90. The van der Waals surface area contributed by atoms with Gasteiger partial charge < -0.3 is 10.1 Å². The highest BCUT2D eigenvalue weighted by atomic mass is 16.6. The van der Waals surface area contributed by atoms with Crippen molar-refractivity contribution in [3.63, 3.8) is 0 Å².